The van der Waals surface area contributed by atoms with E-state index in [0.717, 1.165) is 18.2 Å². The molecule has 0 heterocycles. The van der Waals surface area contributed by atoms with Gasteiger partial charge in [-0.05, 0) is 32.9 Å². The summed E-state index contributed by atoms with van der Waals surface area (Å²) in [5.74, 6) is -2.10. The number of carboxylic acids is 1. The maximum absolute atomic E-state index is 13.0. The lowest BCUT2D eigenvalue weighted by atomic mass is 10.0. The van der Waals surface area contributed by atoms with Crippen LogP contribution in [0.4, 0.5) is 10.1 Å². The van der Waals surface area contributed by atoms with Gasteiger partial charge in [0.15, 0.2) is 5.75 Å². The molecule has 7 nitrogen and oxygen atoms in total. The van der Waals surface area contributed by atoms with Gasteiger partial charge >= 0.3 is 11.7 Å². The van der Waals surface area contributed by atoms with Gasteiger partial charge in [-0.25, -0.2) is 4.39 Å². The van der Waals surface area contributed by atoms with Crippen molar-refractivity contribution in [2.24, 2.45) is 0 Å². The summed E-state index contributed by atoms with van der Waals surface area (Å²) in [5.41, 5.74) is -1.97. The van der Waals surface area contributed by atoms with Crippen LogP contribution < -0.4 is 10.1 Å². The van der Waals surface area contributed by atoms with Crippen molar-refractivity contribution in [3.05, 3.63) is 34.1 Å². The van der Waals surface area contributed by atoms with Crippen LogP contribution in [-0.2, 0) is 4.79 Å². The quantitative estimate of drug-likeness (QED) is 0.589. The van der Waals surface area contributed by atoms with Crippen molar-refractivity contribution in [2.45, 2.75) is 32.4 Å². The Balaban J connectivity index is 2.96. The summed E-state index contributed by atoms with van der Waals surface area (Å²) in [7, 11) is 0. The first-order valence-electron chi connectivity index (χ1n) is 6.23. The number of hydrogen-bond acceptors (Lipinski definition) is 5. The number of carboxylic acid groups (broad SMARTS) is 1. The van der Waals surface area contributed by atoms with E-state index in [-0.39, 0.29) is 18.4 Å². The molecule has 0 saturated carbocycles. The van der Waals surface area contributed by atoms with E-state index in [9.17, 15) is 24.4 Å². The SMILES string of the molecule is CC(C)NC(C)(COc1ccc(F)cc1[N+](=O)[O-])C(=O)O. The van der Waals surface area contributed by atoms with Crippen LogP contribution in [0.5, 0.6) is 5.75 Å². The third-order valence-corrected chi connectivity index (χ3v) is 2.71. The predicted molar refractivity (Wildman–Crippen MR) is 72.9 cm³/mol. The first kappa shape index (κ1) is 16.8. The molecule has 0 aliphatic carbocycles. The second-order valence-corrected chi connectivity index (χ2v) is 5.09. The van der Waals surface area contributed by atoms with Gasteiger partial charge in [-0.2, -0.15) is 0 Å². The molecule has 0 bridgehead atoms. The number of aliphatic carboxylic acids is 1. The van der Waals surface area contributed by atoms with Gasteiger partial charge in [-0.15, -0.1) is 0 Å². The Labute approximate surface area is 120 Å². The molecule has 116 valence electrons. The number of rotatable bonds is 7. The van der Waals surface area contributed by atoms with Gasteiger partial charge < -0.3 is 9.84 Å². The molecular formula is C13H17FN2O5. The van der Waals surface area contributed by atoms with E-state index in [4.69, 9.17) is 4.74 Å². The number of nitrogens with one attached hydrogen (secondary N) is 1. The summed E-state index contributed by atoms with van der Waals surface area (Å²) in [6.07, 6.45) is 0. The van der Waals surface area contributed by atoms with Crippen LogP contribution in [0.2, 0.25) is 0 Å². The van der Waals surface area contributed by atoms with Crippen LogP contribution in [0.1, 0.15) is 20.8 Å². The highest BCUT2D eigenvalue weighted by Gasteiger charge is 2.35. The Bertz CT molecular complexity index is 549. The number of nitro benzene ring substituents is 1. The summed E-state index contributed by atoms with van der Waals surface area (Å²) in [4.78, 5) is 21.4. The molecule has 1 atom stereocenters. The van der Waals surface area contributed by atoms with E-state index < -0.39 is 27.9 Å². The van der Waals surface area contributed by atoms with E-state index in [0.29, 0.717) is 0 Å². The zero-order valence-electron chi connectivity index (χ0n) is 11.9. The van der Waals surface area contributed by atoms with Crippen molar-refractivity contribution in [1.29, 1.82) is 0 Å². The first-order chi connectivity index (χ1) is 9.65. The van der Waals surface area contributed by atoms with Crippen molar-refractivity contribution < 1.29 is 24.0 Å². The minimum Gasteiger partial charge on any atom is -0.484 e. The van der Waals surface area contributed by atoms with Gasteiger partial charge in [0.1, 0.15) is 18.0 Å². The summed E-state index contributed by atoms with van der Waals surface area (Å²) < 4.78 is 18.2. The van der Waals surface area contributed by atoms with Gasteiger partial charge in [-0.3, -0.25) is 20.2 Å². The summed E-state index contributed by atoms with van der Waals surface area (Å²) in [6, 6.07) is 2.71. The van der Waals surface area contributed by atoms with Crippen molar-refractivity contribution >= 4 is 11.7 Å². The fourth-order valence-corrected chi connectivity index (χ4v) is 1.78. The molecule has 1 aromatic rings. The average molecular weight is 300 g/mol. The highest BCUT2D eigenvalue weighted by atomic mass is 19.1. The molecule has 21 heavy (non-hydrogen) atoms. The first-order valence-corrected chi connectivity index (χ1v) is 6.23. The van der Waals surface area contributed by atoms with Crippen LogP contribution in [-0.4, -0.2) is 34.2 Å². The van der Waals surface area contributed by atoms with Crippen molar-refractivity contribution in [3.8, 4) is 5.75 Å². The zero-order chi connectivity index (χ0) is 16.2. The number of hydrogen-bond donors (Lipinski definition) is 2. The van der Waals surface area contributed by atoms with E-state index in [1.54, 1.807) is 13.8 Å². The fraction of sp³-hybridized carbons (Fsp3) is 0.462. The molecule has 2 N–H and O–H groups in total. The van der Waals surface area contributed by atoms with Gasteiger partial charge in [-0.1, -0.05) is 0 Å². The normalized spacial score (nSPS) is 13.8. The lowest BCUT2D eigenvalue weighted by Gasteiger charge is -2.28. The molecule has 0 amide bonds. The molecule has 0 radical (unpaired) electrons. The highest BCUT2D eigenvalue weighted by molar-refractivity contribution is 5.78. The molecule has 1 unspecified atom stereocenters. The number of carbonyl (C=O) groups is 1. The molecule has 0 aliphatic rings. The third kappa shape index (κ3) is 4.38. The Kier molecular flexibility index (Phi) is 5.20. The van der Waals surface area contributed by atoms with Crippen LogP contribution in [0.25, 0.3) is 0 Å². The van der Waals surface area contributed by atoms with E-state index in [1.165, 1.54) is 6.92 Å². The molecule has 0 aliphatic heterocycles. The number of nitrogens with zero attached hydrogens (tertiary/aromatic N) is 1. The maximum atomic E-state index is 13.0. The predicted octanol–water partition coefficient (Wildman–Crippen LogP) is 1.95. The molecule has 0 aromatic heterocycles. The van der Waals surface area contributed by atoms with Crippen LogP contribution >= 0.6 is 0 Å². The molecule has 1 rings (SSSR count). The summed E-state index contributed by atoms with van der Waals surface area (Å²) >= 11 is 0. The molecule has 8 heteroatoms. The highest BCUT2D eigenvalue weighted by Crippen LogP contribution is 2.28. The molecule has 1 aromatic carbocycles. The molecule has 0 fully saturated rings. The Morgan fingerprint density at radius 3 is 2.67 bits per heavy atom. The monoisotopic (exact) mass is 300 g/mol. The lowest BCUT2D eigenvalue weighted by Crippen LogP contribution is -2.56. The summed E-state index contributed by atoms with van der Waals surface area (Å²) in [6.45, 7) is 4.60. The van der Waals surface area contributed by atoms with Gasteiger partial charge in [0.05, 0.1) is 11.0 Å². The van der Waals surface area contributed by atoms with Gasteiger partial charge in [0.25, 0.3) is 0 Å². The Hall–Kier alpha value is -2.22. The van der Waals surface area contributed by atoms with E-state index in [1.807, 2.05) is 0 Å². The average Bonchev–Trinajstić information content (AvgIpc) is 2.36. The van der Waals surface area contributed by atoms with E-state index >= 15 is 0 Å². The number of halogens is 1. The lowest BCUT2D eigenvalue weighted by molar-refractivity contribution is -0.386. The topological polar surface area (TPSA) is 102 Å². The maximum Gasteiger partial charge on any atom is 0.327 e. The van der Waals surface area contributed by atoms with Crippen molar-refractivity contribution in [3.63, 3.8) is 0 Å². The molecular weight excluding hydrogens is 283 g/mol. The molecule has 0 saturated heterocycles. The van der Waals surface area contributed by atoms with Crippen molar-refractivity contribution in [2.75, 3.05) is 6.61 Å². The van der Waals surface area contributed by atoms with Crippen LogP contribution in [0.15, 0.2) is 18.2 Å². The summed E-state index contributed by atoms with van der Waals surface area (Å²) in [5, 5.41) is 22.9. The van der Waals surface area contributed by atoms with Gasteiger partial charge in [0, 0.05) is 6.04 Å². The van der Waals surface area contributed by atoms with E-state index in [2.05, 4.69) is 5.32 Å². The number of nitro groups is 1. The number of benzene rings is 1. The second kappa shape index (κ2) is 6.49. The zero-order valence-corrected chi connectivity index (χ0v) is 11.9. The smallest absolute Gasteiger partial charge is 0.327 e. The Morgan fingerprint density at radius 1 is 1.57 bits per heavy atom. The fourth-order valence-electron chi connectivity index (χ4n) is 1.78. The minimum absolute atomic E-state index is 0.127. The largest absolute Gasteiger partial charge is 0.484 e. The van der Waals surface area contributed by atoms with Crippen molar-refractivity contribution in [1.82, 2.24) is 5.32 Å². The standard InChI is InChI=1S/C13H17FN2O5/c1-8(2)15-13(3,12(17)18)7-21-11-5-4-9(14)6-10(11)16(19)20/h4-6,8,15H,7H2,1-3H3,(H,17,18). The second-order valence-electron chi connectivity index (χ2n) is 5.09. The molecule has 0 spiro atoms. The van der Waals surface area contributed by atoms with Gasteiger partial charge in [0.2, 0.25) is 0 Å². The van der Waals surface area contributed by atoms with Crippen LogP contribution in [0.3, 0.4) is 0 Å². The third-order valence-electron chi connectivity index (χ3n) is 2.71. The number of ether oxygens (including phenoxy) is 1. The minimum atomic E-state index is -1.42. The Morgan fingerprint density at radius 2 is 2.19 bits per heavy atom. The van der Waals surface area contributed by atoms with Crippen LogP contribution in [0, 0.1) is 15.9 Å².